The van der Waals surface area contributed by atoms with Gasteiger partial charge in [0.05, 0.1) is 4.92 Å². The van der Waals surface area contributed by atoms with Crippen molar-refractivity contribution in [1.82, 2.24) is 15.1 Å². The maximum absolute atomic E-state index is 12.3. The number of hydrogen-bond donors (Lipinski definition) is 1. The van der Waals surface area contributed by atoms with Gasteiger partial charge in [-0.05, 0) is 25.7 Å². The van der Waals surface area contributed by atoms with E-state index in [4.69, 9.17) is 0 Å². The highest BCUT2D eigenvalue weighted by atomic mass is 16.6. The third-order valence-corrected chi connectivity index (χ3v) is 4.02. The van der Waals surface area contributed by atoms with Gasteiger partial charge in [0.15, 0.2) is 0 Å². The lowest BCUT2D eigenvalue weighted by molar-refractivity contribution is -0.385. The van der Waals surface area contributed by atoms with Gasteiger partial charge in [-0.1, -0.05) is 19.8 Å². The lowest BCUT2D eigenvalue weighted by Gasteiger charge is -2.29. The lowest BCUT2D eigenvalue weighted by Crippen LogP contribution is -2.41. The number of hydrogen-bond acceptors (Lipinski definition) is 4. The zero-order chi connectivity index (χ0) is 14.9. The fraction of sp³-hybridized carbons (Fsp3) is 0.692. The smallest absolute Gasteiger partial charge is 0.322 e. The summed E-state index contributed by atoms with van der Waals surface area (Å²) in [5.41, 5.74) is 0.0954. The quantitative estimate of drug-likeness (QED) is 0.676. The minimum Gasteiger partial charge on any atom is -0.347 e. The highest BCUT2D eigenvalue weighted by molar-refractivity contribution is 5.97. The number of carbonyl (C=O) groups is 1. The molecule has 1 aliphatic rings. The molecule has 1 N–H and O–H groups in total. The van der Waals surface area contributed by atoms with Crippen LogP contribution in [0, 0.1) is 23.0 Å². The van der Waals surface area contributed by atoms with Gasteiger partial charge in [0.25, 0.3) is 5.91 Å². The van der Waals surface area contributed by atoms with Crippen molar-refractivity contribution in [2.75, 3.05) is 0 Å². The molecule has 1 heterocycles. The molecule has 0 saturated heterocycles. The van der Waals surface area contributed by atoms with Gasteiger partial charge < -0.3 is 5.32 Å². The van der Waals surface area contributed by atoms with Gasteiger partial charge in [0.1, 0.15) is 5.69 Å². The van der Waals surface area contributed by atoms with E-state index in [-0.39, 0.29) is 23.1 Å². The van der Waals surface area contributed by atoms with E-state index in [2.05, 4.69) is 17.3 Å². The van der Waals surface area contributed by atoms with Crippen molar-refractivity contribution < 1.29 is 9.72 Å². The van der Waals surface area contributed by atoms with Crippen LogP contribution in [0.4, 0.5) is 5.69 Å². The highest BCUT2D eigenvalue weighted by Crippen LogP contribution is 2.26. The summed E-state index contributed by atoms with van der Waals surface area (Å²) in [6.07, 6.45) is 4.27. The maximum Gasteiger partial charge on any atom is 0.322 e. The number of amides is 1. The first-order chi connectivity index (χ1) is 9.41. The first kappa shape index (κ1) is 14.5. The monoisotopic (exact) mass is 280 g/mol. The molecule has 1 amide bonds. The molecule has 1 saturated carbocycles. The van der Waals surface area contributed by atoms with E-state index in [0.29, 0.717) is 5.92 Å². The normalized spacial score (nSPS) is 22.6. The Morgan fingerprint density at radius 2 is 2.10 bits per heavy atom. The van der Waals surface area contributed by atoms with E-state index < -0.39 is 10.8 Å². The number of aryl methyl sites for hydroxylation is 2. The molecule has 1 fully saturated rings. The van der Waals surface area contributed by atoms with Crippen molar-refractivity contribution in [2.24, 2.45) is 13.0 Å². The van der Waals surface area contributed by atoms with Gasteiger partial charge in [0, 0.05) is 13.1 Å². The first-order valence-corrected chi connectivity index (χ1v) is 6.90. The van der Waals surface area contributed by atoms with Crippen molar-refractivity contribution >= 4 is 11.6 Å². The number of nitrogens with one attached hydrogen (secondary N) is 1. The van der Waals surface area contributed by atoms with Gasteiger partial charge >= 0.3 is 5.69 Å². The molecule has 0 spiro atoms. The molecule has 2 atom stereocenters. The molecule has 2 unspecified atom stereocenters. The van der Waals surface area contributed by atoms with Crippen molar-refractivity contribution in [1.29, 1.82) is 0 Å². The average molecular weight is 280 g/mol. The molecule has 1 aliphatic carbocycles. The van der Waals surface area contributed by atoms with Crippen LogP contribution in [0.3, 0.4) is 0 Å². The number of carbonyl (C=O) groups excluding carboxylic acids is 1. The number of nitrogens with zero attached hydrogens (tertiary/aromatic N) is 3. The zero-order valence-electron chi connectivity index (χ0n) is 12.0. The van der Waals surface area contributed by atoms with E-state index in [1.165, 1.54) is 18.0 Å². The fourth-order valence-corrected chi connectivity index (χ4v) is 2.89. The largest absolute Gasteiger partial charge is 0.347 e. The van der Waals surface area contributed by atoms with Crippen LogP contribution in [0.25, 0.3) is 0 Å². The topological polar surface area (TPSA) is 90.1 Å². The second-order valence-electron chi connectivity index (χ2n) is 5.51. The van der Waals surface area contributed by atoms with Gasteiger partial charge in [-0.3, -0.25) is 19.6 Å². The van der Waals surface area contributed by atoms with E-state index in [9.17, 15) is 14.9 Å². The summed E-state index contributed by atoms with van der Waals surface area (Å²) >= 11 is 0. The van der Waals surface area contributed by atoms with Crippen molar-refractivity contribution in [3.05, 3.63) is 21.5 Å². The molecule has 0 radical (unpaired) electrons. The lowest BCUT2D eigenvalue weighted by atomic mass is 9.86. The van der Waals surface area contributed by atoms with Crippen LogP contribution < -0.4 is 5.32 Å². The molecule has 0 aliphatic heterocycles. The summed E-state index contributed by atoms with van der Waals surface area (Å²) < 4.78 is 1.29. The summed E-state index contributed by atoms with van der Waals surface area (Å²) in [7, 11) is 1.55. The predicted molar refractivity (Wildman–Crippen MR) is 73.5 cm³/mol. The third kappa shape index (κ3) is 2.66. The van der Waals surface area contributed by atoms with Crippen molar-refractivity contribution in [3.63, 3.8) is 0 Å². The Morgan fingerprint density at radius 1 is 1.45 bits per heavy atom. The Hall–Kier alpha value is -1.92. The fourth-order valence-electron chi connectivity index (χ4n) is 2.89. The molecular formula is C13H20N4O3. The molecule has 0 bridgehead atoms. The summed E-state index contributed by atoms with van der Waals surface area (Å²) in [6.45, 7) is 3.64. The SMILES string of the molecule is Cc1nn(C)c(C(=O)NC2CCCCC2C)c1[N+](=O)[O-]. The molecule has 2 rings (SSSR count). The van der Waals surface area contributed by atoms with Crippen LogP contribution >= 0.6 is 0 Å². The maximum atomic E-state index is 12.3. The minimum absolute atomic E-state index is 0.0327. The Balaban J connectivity index is 2.23. The third-order valence-electron chi connectivity index (χ3n) is 4.02. The van der Waals surface area contributed by atoms with E-state index in [1.54, 1.807) is 7.05 Å². The Labute approximate surface area is 117 Å². The number of rotatable bonds is 3. The van der Waals surface area contributed by atoms with E-state index in [0.717, 1.165) is 19.3 Å². The second kappa shape index (κ2) is 5.60. The van der Waals surface area contributed by atoms with Gasteiger partial charge in [-0.25, -0.2) is 0 Å². The first-order valence-electron chi connectivity index (χ1n) is 6.90. The summed E-state index contributed by atoms with van der Waals surface area (Å²) in [6, 6.07) is 0.0889. The Bertz CT molecular complexity index is 538. The molecule has 1 aromatic rings. The molecular weight excluding hydrogens is 260 g/mol. The minimum atomic E-state index is -0.540. The van der Waals surface area contributed by atoms with E-state index in [1.807, 2.05) is 0 Å². The van der Waals surface area contributed by atoms with Crippen LogP contribution in [-0.4, -0.2) is 26.7 Å². The second-order valence-corrected chi connectivity index (χ2v) is 5.51. The Kier molecular flexibility index (Phi) is 4.06. The van der Waals surface area contributed by atoms with Crippen LogP contribution in [0.5, 0.6) is 0 Å². The summed E-state index contributed by atoms with van der Waals surface area (Å²) in [4.78, 5) is 22.9. The molecule has 0 aromatic carbocycles. The molecule has 1 aromatic heterocycles. The van der Waals surface area contributed by atoms with Crippen molar-refractivity contribution in [2.45, 2.75) is 45.6 Å². The van der Waals surface area contributed by atoms with Gasteiger partial charge in [-0.2, -0.15) is 5.10 Å². The molecule has 7 nitrogen and oxygen atoms in total. The van der Waals surface area contributed by atoms with E-state index >= 15 is 0 Å². The van der Waals surface area contributed by atoms with Crippen LogP contribution in [0.1, 0.15) is 48.8 Å². The standard InChI is InChI=1S/C13H20N4O3/c1-8-6-4-5-7-10(8)14-13(18)12-11(17(19)20)9(2)15-16(12)3/h8,10H,4-7H2,1-3H3,(H,14,18). The van der Waals surface area contributed by atoms with Crippen molar-refractivity contribution in [3.8, 4) is 0 Å². The van der Waals surface area contributed by atoms with Crippen LogP contribution in [0.2, 0.25) is 0 Å². The Morgan fingerprint density at radius 3 is 2.70 bits per heavy atom. The zero-order valence-corrected chi connectivity index (χ0v) is 12.0. The van der Waals surface area contributed by atoms with Crippen LogP contribution in [0.15, 0.2) is 0 Å². The number of nitro groups is 1. The highest BCUT2D eigenvalue weighted by Gasteiger charge is 2.31. The molecule has 7 heteroatoms. The summed E-state index contributed by atoms with van der Waals surface area (Å²) in [5.74, 6) is -0.000342. The number of aromatic nitrogens is 2. The predicted octanol–water partition coefficient (Wildman–Crippen LogP) is 1.95. The van der Waals surface area contributed by atoms with Gasteiger partial charge in [-0.15, -0.1) is 0 Å². The summed E-state index contributed by atoms with van der Waals surface area (Å²) in [5, 5.41) is 18.0. The van der Waals surface area contributed by atoms with Gasteiger partial charge in [0.2, 0.25) is 5.69 Å². The molecule has 20 heavy (non-hydrogen) atoms. The average Bonchev–Trinajstić information content (AvgIpc) is 2.67. The van der Waals surface area contributed by atoms with Crippen LogP contribution in [-0.2, 0) is 7.05 Å². The molecule has 110 valence electrons.